The summed E-state index contributed by atoms with van der Waals surface area (Å²) in [6, 6.07) is 8.85. The molecule has 3 rings (SSSR count). The van der Waals surface area contributed by atoms with Crippen molar-refractivity contribution in [1.29, 1.82) is 0 Å². The minimum atomic E-state index is 0. The van der Waals surface area contributed by atoms with Crippen LogP contribution in [0.1, 0.15) is 24.8 Å². The predicted molar refractivity (Wildman–Crippen MR) is 122 cm³/mol. The number of guanidine groups is 1. The first-order chi connectivity index (χ1) is 12.2. The zero-order valence-electron chi connectivity index (χ0n) is 16.2. The molecular weight excluding hydrogens is 437 g/mol. The third kappa shape index (κ3) is 6.95. The summed E-state index contributed by atoms with van der Waals surface area (Å²) < 4.78 is 0. The van der Waals surface area contributed by atoms with Crippen molar-refractivity contribution in [2.24, 2.45) is 10.9 Å². The maximum Gasteiger partial charge on any atom is 0.190 e. The van der Waals surface area contributed by atoms with Gasteiger partial charge in [-0.2, -0.15) is 0 Å². The standard InChI is InChI=1S/C20H33N5.HI/c1-17-5-3-6-19(15-17)25-13-11-24(12-14-25)10-4-9-22-20(21-2)23-16-18-7-8-18;/h3,5-6,15,18H,4,7-14,16H2,1-2H3,(H2,21,22,23);1H. The third-order valence-corrected chi connectivity index (χ3v) is 5.16. The Kier molecular flexibility index (Phi) is 8.98. The molecule has 1 aliphatic heterocycles. The summed E-state index contributed by atoms with van der Waals surface area (Å²) in [5.74, 6) is 1.83. The van der Waals surface area contributed by atoms with E-state index < -0.39 is 0 Å². The lowest BCUT2D eigenvalue weighted by Crippen LogP contribution is -2.47. The van der Waals surface area contributed by atoms with Crippen molar-refractivity contribution in [3.8, 4) is 0 Å². The van der Waals surface area contributed by atoms with E-state index in [0.717, 1.165) is 64.1 Å². The van der Waals surface area contributed by atoms with Crippen LogP contribution in [-0.4, -0.2) is 63.7 Å². The van der Waals surface area contributed by atoms with E-state index in [-0.39, 0.29) is 24.0 Å². The molecule has 2 fully saturated rings. The van der Waals surface area contributed by atoms with Gasteiger partial charge in [-0.1, -0.05) is 12.1 Å². The van der Waals surface area contributed by atoms with Gasteiger partial charge in [0.15, 0.2) is 5.96 Å². The number of anilines is 1. The zero-order chi connectivity index (χ0) is 17.5. The highest BCUT2D eigenvalue weighted by molar-refractivity contribution is 14.0. The molecule has 0 amide bonds. The molecule has 26 heavy (non-hydrogen) atoms. The number of benzene rings is 1. The van der Waals surface area contributed by atoms with Gasteiger partial charge in [-0.05, 0) is 56.3 Å². The minimum absolute atomic E-state index is 0. The first kappa shape index (κ1) is 21.3. The van der Waals surface area contributed by atoms with Crippen LogP contribution in [0.2, 0.25) is 0 Å². The summed E-state index contributed by atoms with van der Waals surface area (Å²) in [5, 5.41) is 6.85. The summed E-state index contributed by atoms with van der Waals surface area (Å²) in [5.41, 5.74) is 2.71. The van der Waals surface area contributed by atoms with Gasteiger partial charge in [-0.25, -0.2) is 0 Å². The normalized spacial score (nSPS) is 18.4. The Morgan fingerprint density at radius 2 is 1.92 bits per heavy atom. The van der Waals surface area contributed by atoms with E-state index in [1.807, 2.05) is 7.05 Å². The highest BCUT2D eigenvalue weighted by atomic mass is 127. The van der Waals surface area contributed by atoms with E-state index in [9.17, 15) is 0 Å². The quantitative estimate of drug-likeness (QED) is 0.278. The molecule has 2 aliphatic rings. The second kappa shape index (κ2) is 11.0. The molecule has 1 aromatic carbocycles. The molecule has 1 aliphatic carbocycles. The topological polar surface area (TPSA) is 42.9 Å². The summed E-state index contributed by atoms with van der Waals surface area (Å²) >= 11 is 0. The number of aryl methyl sites for hydroxylation is 1. The maximum absolute atomic E-state index is 4.30. The number of nitrogens with zero attached hydrogens (tertiary/aromatic N) is 3. The van der Waals surface area contributed by atoms with Crippen molar-refractivity contribution in [1.82, 2.24) is 15.5 Å². The number of piperazine rings is 1. The Morgan fingerprint density at radius 3 is 2.58 bits per heavy atom. The Balaban J connectivity index is 0.00000243. The number of hydrogen-bond donors (Lipinski definition) is 2. The van der Waals surface area contributed by atoms with Crippen LogP contribution in [-0.2, 0) is 0 Å². The van der Waals surface area contributed by atoms with Crippen molar-refractivity contribution < 1.29 is 0 Å². The number of nitrogens with one attached hydrogen (secondary N) is 2. The second-order valence-corrected chi connectivity index (χ2v) is 7.34. The van der Waals surface area contributed by atoms with Crippen molar-refractivity contribution in [3.63, 3.8) is 0 Å². The van der Waals surface area contributed by atoms with E-state index in [2.05, 4.69) is 56.6 Å². The monoisotopic (exact) mass is 471 g/mol. The van der Waals surface area contributed by atoms with Crippen LogP contribution in [0.5, 0.6) is 0 Å². The highest BCUT2D eigenvalue weighted by Crippen LogP contribution is 2.27. The molecule has 0 radical (unpaired) electrons. The van der Waals surface area contributed by atoms with Crippen molar-refractivity contribution >= 4 is 35.6 Å². The first-order valence-corrected chi connectivity index (χ1v) is 9.73. The van der Waals surface area contributed by atoms with Crippen LogP contribution >= 0.6 is 24.0 Å². The zero-order valence-corrected chi connectivity index (χ0v) is 18.5. The Morgan fingerprint density at radius 1 is 1.15 bits per heavy atom. The average Bonchev–Trinajstić information content (AvgIpc) is 3.46. The van der Waals surface area contributed by atoms with Crippen molar-refractivity contribution in [2.75, 3.05) is 57.8 Å². The molecule has 146 valence electrons. The average molecular weight is 471 g/mol. The fourth-order valence-electron chi connectivity index (χ4n) is 3.35. The maximum atomic E-state index is 4.30. The second-order valence-electron chi connectivity index (χ2n) is 7.34. The number of aliphatic imine (C=N–C) groups is 1. The van der Waals surface area contributed by atoms with Crippen molar-refractivity contribution in [2.45, 2.75) is 26.2 Å². The van der Waals surface area contributed by atoms with Crippen LogP contribution in [0.3, 0.4) is 0 Å². The minimum Gasteiger partial charge on any atom is -0.369 e. The van der Waals surface area contributed by atoms with Gasteiger partial charge in [0.1, 0.15) is 0 Å². The molecule has 0 atom stereocenters. The van der Waals surface area contributed by atoms with Crippen LogP contribution in [0.4, 0.5) is 5.69 Å². The van der Waals surface area contributed by atoms with Crippen LogP contribution in [0.15, 0.2) is 29.3 Å². The molecule has 1 saturated heterocycles. The molecule has 5 nitrogen and oxygen atoms in total. The first-order valence-electron chi connectivity index (χ1n) is 9.73. The SMILES string of the molecule is CN=C(NCCCN1CCN(c2cccc(C)c2)CC1)NCC1CC1.I. The molecule has 1 heterocycles. The predicted octanol–water partition coefficient (Wildman–Crippen LogP) is 2.70. The van der Waals surface area contributed by atoms with Gasteiger partial charge >= 0.3 is 0 Å². The lowest BCUT2D eigenvalue weighted by molar-refractivity contribution is 0.255. The Hall–Kier alpha value is -1.02. The third-order valence-electron chi connectivity index (χ3n) is 5.16. The van der Waals surface area contributed by atoms with Gasteiger partial charge in [0.25, 0.3) is 0 Å². The van der Waals surface area contributed by atoms with Gasteiger partial charge in [-0.3, -0.25) is 9.89 Å². The van der Waals surface area contributed by atoms with Crippen LogP contribution in [0, 0.1) is 12.8 Å². The molecule has 0 bridgehead atoms. The van der Waals surface area contributed by atoms with E-state index in [4.69, 9.17) is 0 Å². The van der Waals surface area contributed by atoms with Gasteiger partial charge in [0.2, 0.25) is 0 Å². The number of hydrogen-bond acceptors (Lipinski definition) is 3. The van der Waals surface area contributed by atoms with E-state index in [1.54, 1.807) is 0 Å². The van der Waals surface area contributed by atoms with E-state index in [1.165, 1.54) is 24.1 Å². The Bertz CT molecular complexity index is 565. The van der Waals surface area contributed by atoms with Crippen LogP contribution in [0.25, 0.3) is 0 Å². The van der Waals surface area contributed by atoms with E-state index >= 15 is 0 Å². The smallest absolute Gasteiger partial charge is 0.190 e. The molecule has 1 saturated carbocycles. The summed E-state index contributed by atoms with van der Waals surface area (Å²) in [4.78, 5) is 9.38. The molecule has 6 heteroatoms. The molecule has 0 spiro atoms. The van der Waals surface area contributed by atoms with Crippen LogP contribution < -0.4 is 15.5 Å². The summed E-state index contributed by atoms with van der Waals surface area (Å²) in [6.07, 6.45) is 3.91. The highest BCUT2D eigenvalue weighted by Gasteiger charge is 2.21. The number of rotatable bonds is 7. The number of halogens is 1. The van der Waals surface area contributed by atoms with Gasteiger partial charge in [0.05, 0.1) is 0 Å². The molecule has 2 N–H and O–H groups in total. The molecular formula is C20H34IN5. The largest absolute Gasteiger partial charge is 0.369 e. The van der Waals surface area contributed by atoms with Gasteiger partial charge in [-0.15, -0.1) is 24.0 Å². The lowest BCUT2D eigenvalue weighted by atomic mass is 10.2. The van der Waals surface area contributed by atoms with Gasteiger partial charge in [0, 0.05) is 52.0 Å². The lowest BCUT2D eigenvalue weighted by Gasteiger charge is -2.36. The molecule has 0 unspecified atom stereocenters. The summed E-state index contributed by atoms with van der Waals surface area (Å²) in [6.45, 7) is 9.95. The van der Waals surface area contributed by atoms with Crippen molar-refractivity contribution in [3.05, 3.63) is 29.8 Å². The fraction of sp³-hybridized carbons (Fsp3) is 0.650. The fourth-order valence-corrected chi connectivity index (χ4v) is 3.35. The van der Waals surface area contributed by atoms with E-state index in [0.29, 0.717) is 0 Å². The Labute approximate surface area is 175 Å². The summed E-state index contributed by atoms with van der Waals surface area (Å²) in [7, 11) is 1.85. The molecule has 1 aromatic rings. The molecule has 0 aromatic heterocycles. The van der Waals surface area contributed by atoms with Gasteiger partial charge < -0.3 is 15.5 Å².